The highest BCUT2D eigenvalue weighted by molar-refractivity contribution is 6.57. The molecule has 0 radical (unpaired) electrons. The van der Waals surface area contributed by atoms with Crippen LogP contribution >= 0.6 is 0 Å². The van der Waals surface area contributed by atoms with Gasteiger partial charge in [0.25, 0.3) is 5.78 Å². The second-order valence-electron chi connectivity index (χ2n) is 5.30. The Morgan fingerprint density at radius 3 is 2.67 bits per heavy atom. The smallest absolute Gasteiger partial charge is 0.252 e. The SMILES string of the molecule is CCCC(=Nc1cccnc1)C1=C(O)c2cccnc2C(=O)C1=O. The van der Waals surface area contributed by atoms with Gasteiger partial charge in [0, 0.05) is 18.0 Å². The van der Waals surface area contributed by atoms with E-state index in [9.17, 15) is 14.7 Å². The average Bonchev–Trinajstić information content (AvgIpc) is 2.61. The molecule has 0 fully saturated rings. The van der Waals surface area contributed by atoms with Crippen LogP contribution < -0.4 is 0 Å². The van der Waals surface area contributed by atoms with Crippen molar-refractivity contribution in [3.63, 3.8) is 0 Å². The molecule has 3 rings (SSSR count). The lowest BCUT2D eigenvalue weighted by Crippen LogP contribution is -2.29. The topological polar surface area (TPSA) is 92.5 Å². The number of carbonyl (C=O) groups is 2. The van der Waals surface area contributed by atoms with Gasteiger partial charge in [-0.2, -0.15) is 0 Å². The molecule has 0 bridgehead atoms. The zero-order valence-electron chi connectivity index (χ0n) is 13.1. The number of fused-ring (bicyclic) bond motifs is 1. The lowest BCUT2D eigenvalue weighted by Gasteiger charge is -2.18. The van der Waals surface area contributed by atoms with Crippen LogP contribution in [-0.4, -0.2) is 32.4 Å². The second-order valence-corrected chi connectivity index (χ2v) is 5.30. The van der Waals surface area contributed by atoms with Crippen LogP contribution in [0.4, 0.5) is 5.69 Å². The number of nitrogens with zero attached hydrogens (tertiary/aromatic N) is 3. The Labute approximate surface area is 138 Å². The van der Waals surface area contributed by atoms with E-state index >= 15 is 0 Å². The van der Waals surface area contributed by atoms with E-state index in [1.54, 1.807) is 36.7 Å². The maximum Gasteiger partial charge on any atom is 0.252 e. The van der Waals surface area contributed by atoms with Crippen LogP contribution in [0.25, 0.3) is 5.76 Å². The first-order chi connectivity index (χ1) is 11.6. The van der Waals surface area contributed by atoms with Gasteiger partial charge in [0.1, 0.15) is 11.5 Å². The lowest BCUT2D eigenvalue weighted by molar-refractivity contribution is -0.111. The third-order valence-corrected chi connectivity index (χ3v) is 3.63. The van der Waals surface area contributed by atoms with Crippen molar-refractivity contribution in [3.05, 3.63) is 59.7 Å². The highest BCUT2D eigenvalue weighted by Crippen LogP contribution is 2.29. The monoisotopic (exact) mass is 321 g/mol. The number of pyridine rings is 2. The Morgan fingerprint density at radius 2 is 1.96 bits per heavy atom. The van der Waals surface area contributed by atoms with Crippen LogP contribution in [0.3, 0.4) is 0 Å². The van der Waals surface area contributed by atoms with Crippen molar-refractivity contribution in [1.29, 1.82) is 0 Å². The maximum absolute atomic E-state index is 12.5. The molecule has 2 heterocycles. The standard InChI is InChI=1S/C18H15N3O3/c1-2-5-13(21-11-6-3-8-19-10-11)14-16(22)12-7-4-9-20-15(12)18(24)17(14)23/h3-4,6-10,22H,2,5H2,1H3. The normalized spacial score (nSPS) is 14.8. The van der Waals surface area contributed by atoms with Crippen molar-refractivity contribution in [3.8, 4) is 0 Å². The molecular formula is C18H15N3O3. The van der Waals surface area contributed by atoms with E-state index in [1.807, 2.05) is 6.92 Å². The molecule has 0 spiro atoms. The number of aromatic nitrogens is 2. The fraction of sp³-hybridized carbons (Fsp3) is 0.167. The number of Topliss-reactive ketones (excluding diaryl/α,β-unsaturated/α-hetero) is 2. The molecule has 0 aliphatic heterocycles. The van der Waals surface area contributed by atoms with E-state index < -0.39 is 11.6 Å². The third kappa shape index (κ3) is 2.74. The molecule has 0 saturated heterocycles. The summed E-state index contributed by atoms with van der Waals surface area (Å²) in [6.45, 7) is 1.93. The molecule has 24 heavy (non-hydrogen) atoms. The molecule has 6 nitrogen and oxygen atoms in total. The number of carbonyl (C=O) groups excluding carboxylic acids is 2. The minimum absolute atomic E-state index is 0.0269. The van der Waals surface area contributed by atoms with Gasteiger partial charge in [-0.15, -0.1) is 0 Å². The van der Waals surface area contributed by atoms with Gasteiger partial charge in [-0.05, 0) is 30.7 Å². The van der Waals surface area contributed by atoms with Crippen molar-refractivity contribution >= 4 is 28.7 Å². The van der Waals surface area contributed by atoms with Crippen molar-refractivity contribution in [2.75, 3.05) is 0 Å². The van der Waals surface area contributed by atoms with Crippen LogP contribution in [0.1, 0.15) is 35.8 Å². The number of aliphatic imine (C=N–C) groups is 1. The number of allylic oxidation sites excluding steroid dienone is 1. The highest BCUT2D eigenvalue weighted by Gasteiger charge is 2.36. The summed E-state index contributed by atoms with van der Waals surface area (Å²) in [5, 5.41) is 10.6. The summed E-state index contributed by atoms with van der Waals surface area (Å²) < 4.78 is 0. The predicted octanol–water partition coefficient (Wildman–Crippen LogP) is 3.08. The molecule has 120 valence electrons. The number of hydrogen-bond donors (Lipinski definition) is 1. The lowest BCUT2D eigenvalue weighted by atomic mass is 9.88. The van der Waals surface area contributed by atoms with Gasteiger partial charge in [-0.1, -0.05) is 13.3 Å². The quantitative estimate of drug-likeness (QED) is 0.690. The number of hydrogen-bond acceptors (Lipinski definition) is 6. The van der Waals surface area contributed by atoms with Gasteiger partial charge in [0.2, 0.25) is 5.78 Å². The van der Waals surface area contributed by atoms with Crippen LogP contribution in [0.5, 0.6) is 0 Å². The third-order valence-electron chi connectivity index (χ3n) is 3.63. The van der Waals surface area contributed by atoms with Gasteiger partial charge in [0.15, 0.2) is 0 Å². The van der Waals surface area contributed by atoms with Crippen LogP contribution in [0, 0.1) is 0 Å². The first-order valence-electron chi connectivity index (χ1n) is 7.59. The first kappa shape index (κ1) is 15.7. The average molecular weight is 321 g/mol. The maximum atomic E-state index is 12.5. The number of rotatable bonds is 4. The van der Waals surface area contributed by atoms with Crippen LogP contribution in [0.15, 0.2) is 53.4 Å². The van der Waals surface area contributed by atoms with Crippen LogP contribution in [0.2, 0.25) is 0 Å². The van der Waals surface area contributed by atoms with Crippen molar-refractivity contribution in [1.82, 2.24) is 9.97 Å². The summed E-state index contributed by atoms with van der Waals surface area (Å²) in [4.78, 5) is 37.1. The fourth-order valence-corrected chi connectivity index (χ4v) is 2.56. The Balaban J connectivity index is 2.19. The molecule has 0 aromatic carbocycles. The van der Waals surface area contributed by atoms with Gasteiger partial charge in [-0.3, -0.25) is 24.5 Å². The van der Waals surface area contributed by atoms with Gasteiger partial charge < -0.3 is 5.11 Å². The van der Waals surface area contributed by atoms with Gasteiger partial charge in [-0.25, -0.2) is 0 Å². The van der Waals surface area contributed by atoms with E-state index in [0.29, 0.717) is 24.2 Å². The molecular weight excluding hydrogens is 306 g/mol. The van der Waals surface area contributed by atoms with Crippen molar-refractivity contribution < 1.29 is 14.7 Å². The summed E-state index contributed by atoms with van der Waals surface area (Å²) >= 11 is 0. The Bertz CT molecular complexity index is 870. The Morgan fingerprint density at radius 1 is 1.17 bits per heavy atom. The summed E-state index contributed by atoms with van der Waals surface area (Å²) in [6, 6.07) is 6.64. The molecule has 6 heteroatoms. The van der Waals surface area contributed by atoms with Crippen LogP contribution in [-0.2, 0) is 4.79 Å². The largest absolute Gasteiger partial charge is 0.506 e. The number of ketones is 2. The minimum Gasteiger partial charge on any atom is -0.506 e. The first-order valence-corrected chi connectivity index (χ1v) is 7.59. The summed E-state index contributed by atoms with van der Waals surface area (Å²) in [7, 11) is 0. The molecule has 0 atom stereocenters. The van der Waals surface area contributed by atoms with Gasteiger partial charge >= 0.3 is 0 Å². The molecule has 0 saturated carbocycles. The predicted molar refractivity (Wildman–Crippen MR) is 89.4 cm³/mol. The van der Waals surface area contributed by atoms with E-state index in [2.05, 4.69) is 15.0 Å². The van der Waals surface area contributed by atoms with E-state index in [1.165, 1.54) is 6.20 Å². The second kappa shape index (κ2) is 6.54. The number of aliphatic hydroxyl groups excluding tert-OH is 1. The highest BCUT2D eigenvalue weighted by atomic mass is 16.3. The summed E-state index contributed by atoms with van der Waals surface area (Å²) in [5.74, 6) is -1.76. The molecule has 1 N–H and O–H groups in total. The van der Waals surface area contributed by atoms with E-state index in [-0.39, 0.29) is 22.6 Å². The van der Waals surface area contributed by atoms with Crippen molar-refractivity contribution in [2.24, 2.45) is 4.99 Å². The van der Waals surface area contributed by atoms with E-state index in [4.69, 9.17) is 0 Å². The fourth-order valence-electron chi connectivity index (χ4n) is 2.56. The Kier molecular flexibility index (Phi) is 4.29. The molecule has 0 unspecified atom stereocenters. The molecule has 1 aliphatic carbocycles. The zero-order chi connectivity index (χ0) is 17.1. The van der Waals surface area contributed by atoms with Gasteiger partial charge in [0.05, 0.1) is 23.2 Å². The Hall–Kier alpha value is -3.15. The zero-order valence-corrected chi connectivity index (χ0v) is 13.1. The molecule has 1 aliphatic rings. The molecule has 2 aromatic rings. The summed E-state index contributed by atoms with van der Waals surface area (Å²) in [6.07, 6.45) is 5.74. The summed E-state index contributed by atoms with van der Waals surface area (Å²) in [5.41, 5.74) is 1.11. The molecule has 2 aromatic heterocycles. The minimum atomic E-state index is -0.783. The van der Waals surface area contributed by atoms with E-state index in [0.717, 1.165) is 0 Å². The number of aliphatic hydroxyl groups is 1. The molecule has 0 amide bonds. The van der Waals surface area contributed by atoms with Crippen molar-refractivity contribution in [2.45, 2.75) is 19.8 Å².